The first-order chi connectivity index (χ1) is 25.9. The normalized spacial score (nSPS) is 13.3. The zero-order valence-corrected chi connectivity index (χ0v) is 31.6. The van der Waals surface area contributed by atoms with Crippen LogP contribution < -0.4 is 4.74 Å². The topological polar surface area (TPSA) is 71.7 Å². The third-order valence-electron chi connectivity index (χ3n) is 10.5. The number of ether oxygens (including phenoxy) is 1. The van der Waals surface area contributed by atoms with Crippen molar-refractivity contribution in [3.63, 3.8) is 0 Å². The molecule has 0 amide bonds. The SMILES string of the molecule is CC(C)(C)c1ccc(C2(c3ccc(C(C)(C)C)cc3)c3ccccc3Oc3cc(-c4nc(-c5ccccc5)nc(-c5ccc(C#N)cc5)n4)ccc32)cc1. The van der Waals surface area contributed by atoms with Crippen molar-refractivity contribution in [1.29, 1.82) is 5.26 Å². The van der Waals surface area contributed by atoms with Gasteiger partial charge in [0, 0.05) is 27.8 Å². The number of fused-ring (bicyclic) bond motifs is 2. The average Bonchev–Trinajstić information content (AvgIpc) is 3.19. The molecule has 1 aliphatic rings. The average molecular weight is 703 g/mol. The van der Waals surface area contributed by atoms with Crippen molar-refractivity contribution in [2.24, 2.45) is 0 Å². The summed E-state index contributed by atoms with van der Waals surface area (Å²) in [7, 11) is 0. The highest BCUT2D eigenvalue weighted by atomic mass is 16.5. The molecule has 7 aromatic rings. The Kier molecular flexibility index (Phi) is 8.50. The van der Waals surface area contributed by atoms with Crippen LogP contribution in [0.1, 0.15) is 80.5 Å². The highest BCUT2D eigenvalue weighted by Gasteiger charge is 2.45. The molecular formula is C49H42N4O. The minimum Gasteiger partial charge on any atom is -0.457 e. The van der Waals surface area contributed by atoms with Crippen LogP contribution in [0.2, 0.25) is 0 Å². The van der Waals surface area contributed by atoms with Gasteiger partial charge in [-0.2, -0.15) is 5.26 Å². The molecular weight excluding hydrogens is 661 g/mol. The Hall–Kier alpha value is -6.38. The van der Waals surface area contributed by atoms with Crippen LogP contribution in [0.4, 0.5) is 0 Å². The van der Waals surface area contributed by atoms with Crippen molar-refractivity contribution in [3.8, 4) is 51.7 Å². The monoisotopic (exact) mass is 702 g/mol. The molecule has 0 saturated heterocycles. The maximum absolute atomic E-state index is 9.41. The van der Waals surface area contributed by atoms with E-state index in [0.29, 0.717) is 23.0 Å². The van der Waals surface area contributed by atoms with Gasteiger partial charge in [0.05, 0.1) is 17.0 Å². The zero-order valence-electron chi connectivity index (χ0n) is 31.6. The maximum Gasteiger partial charge on any atom is 0.164 e. The van der Waals surface area contributed by atoms with Gasteiger partial charge in [0.2, 0.25) is 0 Å². The molecule has 0 radical (unpaired) electrons. The summed E-state index contributed by atoms with van der Waals surface area (Å²) in [6.45, 7) is 13.5. The fourth-order valence-corrected chi connectivity index (χ4v) is 7.46. The second-order valence-corrected chi connectivity index (χ2v) is 16.1. The van der Waals surface area contributed by atoms with Gasteiger partial charge in [-0.1, -0.05) is 151 Å². The van der Waals surface area contributed by atoms with Gasteiger partial charge in [-0.3, -0.25) is 0 Å². The minimum absolute atomic E-state index is 0.0141. The smallest absolute Gasteiger partial charge is 0.164 e. The van der Waals surface area contributed by atoms with Crippen LogP contribution in [-0.2, 0) is 16.2 Å². The lowest BCUT2D eigenvalue weighted by molar-refractivity contribution is 0.434. The van der Waals surface area contributed by atoms with E-state index in [1.807, 2.05) is 48.5 Å². The van der Waals surface area contributed by atoms with Gasteiger partial charge in [-0.25, -0.2) is 15.0 Å². The molecule has 0 unspecified atom stereocenters. The van der Waals surface area contributed by atoms with Crippen LogP contribution in [0.25, 0.3) is 34.2 Å². The molecule has 0 fully saturated rings. The van der Waals surface area contributed by atoms with Crippen LogP contribution in [0.5, 0.6) is 11.5 Å². The lowest BCUT2D eigenvalue weighted by atomic mass is 9.63. The van der Waals surface area contributed by atoms with E-state index in [1.54, 1.807) is 12.1 Å². The lowest BCUT2D eigenvalue weighted by Gasteiger charge is -2.42. The summed E-state index contributed by atoms with van der Waals surface area (Å²) < 4.78 is 6.85. The summed E-state index contributed by atoms with van der Waals surface area (Å²) in [6, 6.07) is 52.5. The molecule has 0 atom stereocenters. The van der Waals surface area contributed by atoms with E-state index in [4.69, 9.17) is 19.7 Å². The first-order valence-corrected chi connectivity index (χ1v) is 18.4. The summed E-state index contributed by atoms with van der Waals surface area (Å²) in [4.78, 5) is 14.9. The van der Waals surface area contributed by atoms with Crippen molar-refractivity contribution < 1.29 is 4.74 Å². The first-order valence-electron chi connectivity index (χ1n) is 18.4. The van der Waals surface area contributed by atoms with Crippen molar-refractivity contribution in [1.82, 2.24) is 15.0 Å². The molecule has 0 N–H and O–H groups in total. The van der Waals surface area contributed by atoms with Gasteiger partial charge in [-0.05, 0) is 69.5 Å². The predicted octanol–water partition coefficient (Wildman–Crippen LogP) is 11.8. The lowest BCUT2D eigenvalue weighted by Crippen LogP contribution is -2.34. The van der Waals surface area contributed by atoms with E-state index in [0.717, 1.165) is 39.3 Å². The fourth-order valence-electron chi connectivity index (χ4n) is 7.46. The zero-order chi connectivity index (χ0) is 37.7. The summed E-state index contributed by atoms with van der Waals surface area (Å²) in [5.74, 6) is 3.17. The van der Waals surface area contributed by atoms with Crippen LogP contribution >= 0.6 is 0 Å². The number of hydrogen-bond acceptors (Lipinski definition) is 5. The van der Waals surface area contributed by atoms with E-state index in [2.05, 4.69) is 133 Å². The quantitative estimate of drug-likeness (QED) is 0.178. The number of benzene rings is 6. The van der Waals surface area contributed by atoms with E-state index in [-0.39, 0.29) is 10.8 Å². The van der Waals surface area contributed by atoms with E-state index < -0.39 is 5.41 Å². The summed E-state index contributed by atoms with van der Waals surface area (Å²) in [5.41, 5.74) is 9.45. The van der Waals surface area contributed by atoms with E-state index >= 15 is 0 Å². The van der Waals surface area contributed by atoms with E-state index in [1.165, 1.54) is 22.3 Å². The molecule has 8 rings (SSSR count). The molecule has 2 heterocycles. The molecule has 0 bridgehead atoms. The highest BCUT2D eigenvalue weighted by Crippen LogP contribution is 2.56. The number of aromatic nitrogens is 3. The summed E-state index contributed by atoms with van der Waals surface area (Å²) in [6.07, 6.45) is 0. The number of nitrogens with zero attached hydrogens (tertiary/aromatic N) is 4. The van der Waals surface area contributed by atoms with Crippen LogP contribution in [-0.4, -0.2) is 15.0 Å². The van der Waals surface area contributed by atoms with Gasteiger partial charge < -0.3 is 4.74 Å². The Balaban J connectivity index is 1.36. The molecule has 0 aliphatic carbocycles. The van der Waals surface area contributed by atoms with Gasteiger partial charge in [0.15, 0.2) is 17.5 Å². The molecule has 264 valence electrons. The summed E-state index contributed by atoms with van der Waals surface area (Å²) >= 11 is 0. The Labute approximate surface area is 318 Å². The third kappa shape index (κ3) is 6.14. The second kappa shape index (κ2) is 13.2. The van der Waals surface area contributed by atoms with Gasteiger partial charge >= 0.3 is 0 Å². The largest absolute Gasteiger partial charge is 0.457 e. The molecule has 1 aliphatic heterocycles. The molecule has 0 spiro atoms. The van der Waals surface area contributed by atoms with Crippen LogP contribution in [0.15, 0.2) is 146 Å². The van der Waals surface area contributed by atoms with Crippen molar-refractivity contribution >= 4 is 0 Å². The predicted molar refractivity (Wildman–Crippen MR) is 217 cm³/mol. The molecule has 6 aromatic carbocycles. The van der Waals surface area contributed by atoms with Gasteiger partial charge in [0.1, 0.15) is 11.5 Å². The number of nitriles is 1. The van der Waals surface area contributed by atoms with Crippen molar-refractivity contribution in [2.75, 3.05) is 0 Å². The molecule has 5 nitrogen and oxygen atoms in total. The standard InChI is InChI=1S/C49H42N4O/c1-47(2,3)36-21-25-38(26-22-36)49(39-27-23-37(24-28-39)48(4,5)6)40-14-10-11-15-42(40)54-43-30-35(20-29-41(43)49)46-52-44(33-12-8-7-9-13-33)51-45(53-46)34-18-16-32(31-50)17-19-34/h7-30H,1-6H3. The Morgan fingerprint density at radius 2 is 0.944 bits per heavy atom. The maximum atomic E-state index is 9.41. The van der Waals surface area contributed by atoms with E-state index in [9.17, 15) is 5.26 Å². The number of rotatable bonds is 5. The number of hydrogen-bond donors (Lipinski definition) is 0. The first kappa shape index (κ1) is 34.7. The molecule has 5 heteroatoms. The molecule has 54 heavy (non-hydrogen) atoms. The third-order valence-corrected chi connectivity index (χ3v) is 10.5. The van der Waals surface area contributed by atoms with Gasteiger partial charge in [-0.15, -0.1) is 0 Å². The molecule has 1 aromatic heterocycles. The fraction of sp³-hybridized carbons (Fsp3) is 0.184. The minimum atomic E-state index is -0.669. The Morgan fingerprint density at radius 1 is 0.481 bits per heavy atom. The van der Waals surface area contributed by atoms with Crippen molar-refractivity contribution in [3.05, 3.63) is 185 Å². The Morgan fingerprint density at radius 3 is 1.48 bits per heavy atom. The number of para-hydroxylation sites is 1. The highest BCUT2D eigenvalue weighted by molar-refractivity contribution is 5.74. The molecule has 0 saturated carbocycles. The summed E-state index contributed by atoms with van der Waals surface area (Å²) in [5, 5.41) is 9.41. The van der Waals surface area contributed by atoms with Crippen LogP contribution in [0, 0.1) is 11.3 Å². The van der Waals surface area contributed by atoms with Gasteiger partial charge in [0.25, 0.3) is 0 Å². The van der Waals surface area contributed by atoms with Crippen molar-refractivity contribution in [2.45, 2.75) is 57.8 Å². The van der Waals surface area contributed by atoms with Crippen LogP contribution in [0.3, 0.4) is 0 Å². The second-order valence-electron chi connectivity index (χ2n) is 16.1. The Bertz CT molecular complexity index is 2460.